The molecule has 0 saturated heterocycles. The maximum absolute atomic E-state index is 9.45. The van der Waals surface area contributed by atoms with Crippen LogP contribution in [0.4, 0.5) is 5.69 Å². The SMILES string of the molecule is CCOc1ccc(N)cc1CSC(C)C(C)O. The van der Waals surface area contributed by atoms with Crippen LogP contribution >= 0.6 is 11.8 Å². The molecule has 0 heterocycles. The van der Waals surface area contributed by atoms with Crippen LogP contribution in [-0.2, 0) is 5.75 Å². The van der Waals surface area contributed by atoms with Crippen LogP contribution in [0.5, 0.6) is 5.75 Å². The molecule has 3 nitrogen and oxygen atoms in total. The minimum absolute atomic E-state index is 0.200. The summed E-state index contributed by atoms with van der Waals surface area (Å²) in [6.45, 7) is 6.43. The Morgan fingerprint density at radius 1 is 1.41 bits per heavy atom. The van der Waals surface area contributed by atoms with Gasteiger partial charge < -0.3 is 15.6 Å². The second kappa shape index (κ2) is 6.77. The Kier molecular flexibility index (Phi) is 5.65. The Morgan fingerprint density at radius 2 is 2.12 bits per heavy atom. The predicted molar refractivity (Wildman–Crippen MR) is 74.5 cm³/mol. The highest BCUT2D eigenvalue weighted by Gasteiger charge is 2.11. The lowest BCUT2D eigenvalue weighted by molar-refractivity contribution is 0.196. The van der Waals surface area contributed by atoms with Crippen LogP contribution in [0.3, 0.4) is 0 Å². The van der Waals surface area contributed by atoms with Crippen molar-refractivity contribution >= 4 is 17.4 Å². The van der Waals surface area contributed by atoms with Crippen LogP contribution in [0.2, 0.25) is 0 Å². The van der Waals surface area contributed by atoms with E-state index in [9.17, 15) is 5.11 Å². The minimum atomic E-state index is -0.309. The summed E-state index contributed by atoms with van der Waals surface area (Å²) in [6, 6.07) is 5.69. The normalized spacial score (nSPS) is 14.4. The van der Waals surface area contributed by atoms with E-state index in [0.29, 0.717) is 6.61 Å². The molecule has 1 aromatic rings. The largest absolute Gasteiger partial charge is 0.494 e. The number of anilines is 1. The van der Waals surface area contributed by atoms with Gasteiger partial charge in [0.25, 0.3) is 0 Å². The number of hydrogen-bond acceptors (Lipinski definition) is 4. The van der Waals surface area contributed by atoms with Gasteiger partial charge in [-0.25, -0.2) is 0 Å². The number of ether oxygens (including phenoxy) is 1. The van der Waals surface area contributed by atoms with Crippen LogP contribution in [0.25, 0.3) is 0 Å². The Hall–Kier alpha value is -0.870. The third-order valence-electron chi connectivity index (χ3n) is 2.57. The molecule has 0 bridgehead atoms. The molecule has 2 unspecified atom stereocenters. The summed E-state index contributed by atoms with van der Waals surface area (Å²) >= 11 is 1.70. The molecule has 0 amide bonds. The minimum Gasteiger partial charge on any atom is -0.494 e. The van der Waals surface area contributed by atoms with E-state index in [1.54, 1.807) is 18.7 Å². The summed E-state index contributed by atoms with van der Waals surface area (Å²) in [4.78, 5) is 0. The van der Waals surface area contributed by atoms with E-state index in [1.807, 2.05) is 32.0 Å². The first-order valence-corrected chi connectivity index (χ1v) is 6.90. The van der Waals surface area contributed by atoms with Gasteiger partial charge in [0, 0.05) is 22.3 Å². The van der Waals surface area contributed by atoms with E-state index in [-0.39, 0.29) is 11.4 Å². The predicted octanol–water partition coefficient (Wildman–Crippen LogP) is 2.67. The third-order valence-corrected chi connectivity index (χ3v) is 3.96. The van der Waals surface area contributed by atoms with Crippen LogP contribution in [0.1, 0.15) is 26.3 Å². The molecule has 96 valence electrons. The quantitative estimate of drug-likeness (QED) is 0.767. The van der Waals surface area contributed by atoms with Gasteiger partial charge in [0.1, 0.15) is 5.75 Å². The molecule has 17 heavy (non-hydrogen) atoms. The highest BCUT2D eigenvalue weighted by atomic mass is 32.2. The molecular formula is C13H21NO2S. The molecule has 1 aromatic carbocycles. The number of aliphatic hydroxyl groups is 1. The van der Waals surface area contributed by atoms with Gasteiger partial charge in [-0.15, -0.1) is 0 Å². The Balaban J connectivity index is 2.71. The first-order chi connectivity index (χ1) is 8.04. The molecule has 2 atom stereocenters. The van der Waals surface area contributed by atoms with Crippen LogP contribution in [0, 0.1) is 0 Å². The number of nitrogen functional groups attached to an aromatic ring is 1. The second-order valence-electron chi connectivity index (χ2n) is 4.06. The molecule has 0 saturated carbocycles. The van der Waals surface area contributed by atoms with Crippen molar-refractivity contribution in [1.29, 1.82) is 0 Å². The summed E-state index contributed by atoms with van der Waals surface area (Å²) in [5.41, 5.74) is 7.61. The third kappa shape index (κ3) is 4.48. The lowest BCUT2D eigenvalue weighted by Gasteiger charge is -2.16. The molecule has 0 spiro atoms. The number of nitrogens with two attached hydrogens (primary N) is 1. The highest BCUT2D eigenvalue weighted by Crippen LogP contribution is 2.28. The number of thioether (sulfide) groups is 1. The van der Waals surface area contributed by atoms with E-state index >= 15 is 0 Å². The van der Waals surface area contributed by atoms with E-state index < -0.39 is 0 Å². The Bertz CT molecular complexity index is 355. The summed E-state index contributed by atoms with van der Waals surface area (Å²) in [7, 11) is 0. The summed E-state index contributed by atoms with van der Waals surface area (Å²) in [5, 5.41) is 9.65. The van der Waals surface area contributed by atoms with Crippen LogP contribution < -0.4 is 10.5 Å². The molecule has 3 N–H and O–H groups in total. The zero-order valence-electron chi connectivity index (χ0n) is 10.6. The average molecular weight is 255 g/mol. The van der Waals surface area contributed by atoms with Crippen molar-refractivity contribution in [1.82, 2.24) is 0 Å². The van der Waals surface area contributed by atoms with E-state index in [1.165, 1.54) is 0 Å². The molecule has 0 radical (unpaired) electrons. The fourth-order valence-corrected chi connectivity index (χ4v) is 2.32. The van der Waals surface area contributed by atoms with Crippen molar-refractivity contribution < 1.29 is 9.84 Å². The molecule has 0 aliphatic rings. The first-order valence-electron chi connectivity index (χ1n) is 5.85. The first kappa shape index (κ1) is 14.2. The lowest BCUT2D eigenvalue weighted by atomic mass is 10.2. The summed E-state index contributed by atoms with van der Waals surface area (Å²) in [5.74, 6) is 1.68. The van der Waals surface area contributed by atoms with Gasteiger partial charge in [0.05, 0.1) is 12.7 Å². The standard InChI is InChI=1S/C13H21NO2S/c1-4-16-13-6-5-12(14)7-11(13)8-17-10(3)9(2)15/h5-7,9-10,15H,4,8,14H2,1-3H3. The monoisotopic (exact) mass is 255 g/mol. The molecule has 0 fully saturated rings. The van der Waals surface area contributed by atoms with Crippen molar-refractivity contribution in [2.45, 2.75) is 37.9 Å². The average Bonchev–Trinajstić information content (AvgIpc) is 2.29. The van der Waals surface area contributed by atoms with Crippen LogP contribution in [0.15, 0.2) is 18.2 Å². The van der Waals surface area contributed by atoms with Gasteiger partial charge in [-0.1, -0.05) is 6.92 Å². The van der Waals surface area contributed by atoms with Gasteiger partial charge in [0.2, 0.25) is 0 Å². The van der Waals surface area contributed by atoms with Crippen LogP contribution in [-0.4, -0.2) is 23.1 Å². The maximum atomic E-state index is 9.45. The zero-order valence-corrected chi connectivity index (χ0v) is 11.5. The molecule has 0 aliphatic heterocycles. The highest BCUT2D eigenvalue weighted by molar-refractivity contribution is 7.99. The number of hydrogen-bond donors (Lipinski definition) is 2. The van der Waals surface area contributed by atoms with E-state index in [2.05, 4.69) is 0 Å². The topological polar surface area (TPSA) is 55.5 Å². The van der Waals surface area contributed by atoms with E-state index in [0.717, 1.165) is 22.8 Å². The van der Waals surface area contributed by atoms with E-state index in [4.69, 9.17) is 10.5 Å². The molecule has 1 rings (SSSR count). The Morgan fingerprint density at radius 3 is 2.71 bits per heavy atom. The summed E-state index contributed by atoms with van der Waals surface area (Å²) in [6.07, 6.45) is -0.309. The molecule has 4 heteroatoms. The number of aliphatic hydroxyl groups excluding tert-OH is 1. The number of rotatable bonds is 6. The van der Waals surface area contributed by atoms with Gasteiger partial charge in [-0.3, -0.25) is 0 Å². The van der Waals surface area contributed by atoms with Gasteiger partial charge in [-0.2, -0.15) is 11.8 Å². The summed E-state index contributed by atoms with van der Waals surface area (Å²) < 4.78 is 5.55. The van der Waals surface area contributed by atoms with Crippen molar-refractivity contribution in [2.24, 2.45) is 0 Å². The second-order valence-corrected chi connectivity index (χ2v) is 5.42. The molecule has 0 aliphatic carbocycles. The Labute approximate surface area is 107 Å². The fourth-order valence-electron chi connectivity index (χ4n) is 1.37. The van der Waals surface area contributed by atoms with Crippen molar-refractivity contribution in [3.05, 3.63) is 23.8 Å². The zero-order chi connectivity index (χ0) is 12.8. The van der Waals surface area contributed by atoms with Crippen molar-refractivity contribution in [3.63, 3.8) is 0 Å². The smallest absolute Gasteiger partial charge is 0.123 e. The van der Waals surface area contributed by atoms with Gasteiger partial charge >= 0.3 is 0 Å². The fraction of sp³-hybridized carbons (Fsp3) is 0.538. The van der Waals surface area contributed by atoms with Gasteiger partial charge in [-0.05, 0) is 32.0 Å². The number of benzene rings is 1. The van der Waals surface area contributed by atoms with Crippen molar-refractivity contribution in [2.75, 3.05) is 12.3 Å². The molecule has 0 aromatic heterocycles. The molecular weight excluding hydrogens is 234 g/mol. The maximum Gasteiger partial charge on any atom is 0.123 e. The van der Waals surface area contributed by atoms with Crippen molar-refractivity contribution in [3.8, 4) is 5.75 Å². The van der Waals surface area contributed by atoms with Gasteiger partial charge in [0.15, 0.2) is 0 Å². The lowest BCUT2D eigenvalue weighted by Crippen LogP contribution is -2.15.